The number of benzene rings is 1. The molecule has 0 aliphatic carbocycles. The molecular weight excluding hydrogens is 233 g/mol. The van der Waals surface area contributed by atoms with Gasteiger partial charge in [-0.15, -0.1) is 0 Å². The molecule has 0 saturated carbocycles. The van der Waals surface area contributed by atoms with Gasteiger partial charge in [0.1, 0.15) is 0 Å². The van der Waals surface area contributed by atoms with Crippen molar-refractivity contribution in [3.63, 3.8) is 0 Å². The molecule has 1 unspecified atom stereocenters. The van der Waals surface area contributed by atoms with Crippen LogP contribution >= 0.6 is 0 Å². The van der Waals surface area contributed by atoms with Crippen molar-refractivity contribution in [2.75, 3.05) is 0 Å². The van der Waals surface area contributed by atoms with Gasteiger partial charge in [-0.1, -0.05) is 0 Å². The summed E-state index contributed by atoms with van der Waals surface area (Å²) < 4.78 is 3.01. The topological polar surface area (TPSA) is 12.4 Å². The molecule has 0 amide bonds. The fraction of sp³-hybridized carbons (Fsp3) is 0.417. The quantitative estimate of drug-likeness (QED) is 0.730. The van der Waals surface area contributed by atoms with Crippen LogP contribution in [0.1, 0.15) is 26.7 Å². The zero-order valence-corrected chi connectivity index (χ0v) is 10.7. The average molecular weight is 249 g/mol. The maximum atomic E-state index is 4.67. The first-order chi connectivity index (χ1) is 6.83. The van der Waals surface area contributed by atoms with Crippen LogP contribution in [0.15, 0.2) is 29.3 Å². The number of nitrogens with zero attached hydrogens (tertiary/aromatic N) is 1. The van der Waals surface area contributed by atoms with Crippen LogP contribution in [0.4, 0.5) is 5.69 Å². The van der Waals surface area contributed by atoms with Gasteiger partial charge in [-0.3, -0.25) is 0 Å². The Morgan fingerprint density at radius 2 is 2.07 bits per heavy atom. The standard InChI is InChI=1S/C12H16AsN/c1-3-4-9-13-10(2)14-12-8-6-5-7-11(12)13/h5-8H,3-4,9H2,1-2H3. The van der Waals surface area contributed by atoms with Gasteiger partial charge in [0.05, 0.1) is 0 Å². The van der Waals surface area contributed by atoms with Crippen molar-refractivity contribution in [1.82, 2.24) is 0 Å². The van der Waals surface area contributed by atoms with Gasteiger partial charge in [0, 0.05) is 0 Å². The van der Waals surface area contributed by atoms with Gasteiger partial charge >= 0.3 is 90.3 Å². The Balaban J connectivity index is 2.23. The molecule has 0 spiro atoms. The van der Waals surface area contributed by atoms with Crippen molar-refractivity contribution < 1.29 is 0 Å². The molecule has 0 bridgehead atoms. The summed E-state index contributed by atoms with van der Waals surface area (Å²) in [5.41, 5.74) is 1.25. The molecule has 74 valence electrons. The predicted octanol–water partition coefficient (Wildman–Crippen LogP) is 2.83. The first-order valence-electron chi connectivity index (χ1n) is 5.25. The van der Waals surface area contributed by atoms with Gasteiger partial charge in [-0.05, 0) is 0 Å². The second kappa shape index (κ2) is 4.31. The summed E-state index contributed by atoms with van der Waals surface area (Å²) in [6.45, 7) is 4.48. The zero-order valence-electron chi connectivity index (χ0n) is 8.83. The normalized spacial score (nSPS) is 19.3. The fourth-order valence-corrected chi connectivity index (χ4v) is 6.92. The predicted molar refractivity (Wildman–Crippen MR) is 64.3 cm³/mol. The van der Waals surface area contributed by atoms with Crippen LogP contribution in [0.2, 0.25) is 5.21 Å². The molecule has 1 nitrogen and oxygen atoms in total. The summed E-state index contributed by atoms with van der Waals surface area (Å²) in [5, 5.41) is 1.40. The molecule has 1 atom stereocenters. The molecule has 1 aliphatic rings. The first-order valence-corrected chi connectivity index (χ1v) is 8.45. The van der Waals surface area contributed by atoms with Crippen LogP contribution in [0.3, 0.4) is 0 Å². The third-order valence-corrected chi connectivity index (χ3v) is 8.05. The Bertz CT molecular complexity index is 357. The van der Waals surface area contributed by atoms with Gasteiger partial charge < -0.3 is 0 Å². The maximum absolute atomic E-state index is 4.67. The summed E-state index contributed by atoms with van der Waals surface area (Å²) in [6, 6.07) is 8.68. The number of fused-ring (bicyclic) bond motifs is 1. The minimum absolute atomic E-state index is 0.912. The van der Waals surface area contributed by atoms with E-state index in [2.05, 4.69) is 43.1 Å². The van der Waals surface area contributed by atoms with Gasteiger partial charge in [0.25, 0.3) is 0 Å². The third-order valence-electron chi connectivity index (χ3n) is 2.58. The van der Waals surface area contributed by atoms with Crippen molar-refractivity contribution in [2.45, 2.75) is 31.9 Å². The van der Waals surface area contributed by atoms with E-state index in [1.165, 1.54) is 28.2 Å². The SMILES string of the molecule is CCCC[As]1C(C)=Nc2ccccc21. The summed E-state index contributed by atoms with van der Waals surface area (Å²) >= 11 is -0.912. The third kappa shape index (κ3) is 1.79. The van der Waals surface area contributed by atoms with Crippen LogP contribution < -0.4 is 4.35 Å². The van der Waals surface area contributed by atoms with Crippen molar-refractivity contribution in [1.29, 1.82) is 0 Å². The van der Waals surface area contributed by atoms with E-state index < -0.39 is 14.7 Å². The number of rotatable bonds is 3. The summed E-state index contributed by atoms with van der Waals surface area (Å²) in [5.74, 6) is 0. The van der Waals surface area contributed by atoms with Crippen molar-refractivity contribution >= 4 is 29.2 Å². The summed E-state index contributed by atoms with van der Waals surface area (Å²) in [4.78, 5) is 4.67. The molecule has 1 aromatic carbocycles. The van der Waals surface area contributed by atoms with E-state index in [4.69, 9.17) is 0 Å². The van der Waals surface area contributed by atoms with Gasteiger partial charge in [0.2, 0.25) is 0 Å². The van der Waals surface area contributed by atoms with E-state index in [0.717, 1.165) is 0 Å². The van der Waals surface area contributed by atoms with Crippen LogP contribution in [-0.4, -0.2) is 19.2 Å². The number of aliphatic imine (C=N–C) groups is 1. The van der Waals surface area contributed by atoms with Gasteiger partial charge in [-0.25, -0.2) is 0 Å². The summed E-state index contributed by atoms with van der Waals surface area (Å²) in [6.07, 6.45) is 2.67. The molecular formula is C12H16AsN. The van der Waals surface area contributed by atoms with E-state index >= 15 is 0 Å². The van der Waals surface area contributed by atoms with Crippen molar-refractivity contribution in [2.24, 2.45) is 4.99 Å². The number of hydrogen-bond donors (Lipinski definition) is 0. The van der Waals surface area contributed by atoms with E-state index in [0.29, 0.717) is 0 Å². The van der Waals surface area contributed by atoms with Crippen molar-refractivity contribution in [3.05, 3.63) is 24.3 Å². The monoisotopic (exact) mass is 249 g/mol. The van der Waals surface area contributed by atoms with Crippen molar-refractivity contribution in [3.8, 4) is 0 Å². The first kappa shape index (κ1) is 9.98. The molecule has 1 aliphatic heterocycles. The van der Waals surface area contributed by atoms with Gasteiger partial charge in [0.15, 0.2) is 0 Å². The Kier molecular flexibility index (Phi) is 3.08. The second-order valence-electron chi connectivity index (χ2n) is 3.65. The second-order valence-corrected chi connectivity index (χ2v) is 8.76. The Hall–Kier alpha value is -0.552. The molecule has 0 fully saturated rings. The molecule has 0 aromatic heterocycles. The Morgan fingerprint density at radius 3 is 2.86 bits per heavy atom. The van der Waals surface area contributed by atoms with E-state index in [-0.39, 0.29) is 0 Å². The molecule has 0 N–H and O–H groups in total. The molecule has 1 aromatic rings. The molecule has 2 rings (SSSR count). The molecule has 0 saturated heterocycles. The molecule has 2 heteroatoms. The number of unbranched alkanes of at least 4 members (excludes halogenated alkanes) is 1. The Labute approximate surface area is 90.5 Å². The minimum atomic E-state index is -0.912. The Morgan fingerprint density at radius 1 is 1.29 bits per heavy atom. The molecule has 14 heavy (non-hydrogen) atoms. The van der Waals surface area contributed by atoms with E-state index in [1.54, 1.807) is 4.35 Å². The van der Waals surface area contributed by atoms with E-state index in [9.17, 15) is 0 Å². The summed E-state index contributed by atoms with van der Waals surface area (Å²) in [7, 11) is 0. The molecule has 0 radical (unpaired) electrons. The zero-order chi connectivity index (χ0) is 9.97. The van der Waals surface area contributed by atoms with Crippen LogP contribution in [0.25, 0.3) is 0 Å². The van der Waals surface area contributed by atoms with Crippen LogP contribution in [0.5, 0.6) is 0 Å². The number of para-hydroxylation sites is 1. The molecule has 1 heterocycles. The van der Waals surface area contributed by atoms with Crippen LogP contribution in [-0.2, 0) is 0 Å². The van der Waals surface area contributed by atoms with E-state index in [1.807, 2.05) is 0 Å². The van der Waals surface area contributed by atoms with Gasteiger partial charge in [-0.2, -0.15) is 0 Å². The average Bonchev–Trinajstić information content (AvgIpc) is 2.51. The fourth-order valence-electron chi connectivity index (χ4n) is 1.79. The van der Waals surface area contributed by atoms with Crippen LogP contribution in [0, 0.1) is 0 Å². The number of hydrogen-bond acceptors (Lipinski definition) is 1.